The zero-order chi connectivity index (χ0) is 10.7. The Bertz CT molecular complexity index is 401. The second-order valence-corrected chi connectivity index (χ2v) is 2.78. The fourth-order valence-electron chi connectivity index (χ4n) is 1.22. The summed E-state index contributed by atoms with van der Waals surface area (Å²) in [4.78, 5) is 11.4. The predicted molar refractivity (Wildman–Crippen MR) is 48.6 cm³/mol. The molecule has 0 saturated carbocycles. The van der Waals surface area contributed by atoms with Gasteiger partial charge < -0.3 is 4.74 Å². The van der Waals surface area contributed by atoms with E-state index in [1.54, 1.807) is 20.9 Å². The van der Waals surface area contributed by atoms with Crippen LogP contribution < -0.4 is 0 Å². The maximum atomic E-state index is 11.4. The number of nitriles is 1. The molecule has 1 heterocycles. The molecule has 0 aliphatic carbocycles. The lowest BCUT2D eigenvalue weighted by Crippen LogP contribution is -2.11. The molecular formula is C9H11N3O2. The van der Waals surface area contributed by atoms with Crippen LogP contribution in [0, 0.1) is 18.3 Å². The van der Waals surface area contributed by atoms with Crippen LogP contribution >= 0.6 is 0 Å². The van der Waals surface area contributed by atoms with Crippen molar-refractivity contribution in [2.75, 3.05) is 6.61 Å². The Hall–Kier alpha value is -1.83. The number of carbonyl (C=O) groups excluding carboxylic acids is 1. The number of ether oxygens (including phenoxy) is 1. The van der Waals surface area contributed by atoms with Gasteiger partial charge in [-0.2, -0.15) is 10.4 Å². The Morgan fingerprint density at radius 2 is 2.36 bits per heavy atom. The van der Waals surface area contributed by atoms with E-state index in [-0.39, 0.29) is 5.69 Å². The summed E-state index contributed by atoms with van der Waals surface area (Å²) in [6, 6.07) is 1.91. The van der Waals surface area contributed by atoms with Gasteiger partial charge in [0.05, 0.1) is 6.61 Å². The number of hydrogen-bond donors (Lipinski definition) is 0. The number of nitrogens with zero attached hydrogens (tertiary/aromatic N) is 3. The molecule has 0 atom stereocenters. The maximum absolute atomic E-state index is 11.4. The van der Waals surface area contributed by atoms with Crippen molar-refractivity contribution in [3.05, 3.63) is 17.0 Å². The van der Waals surface area contributed by atoms with Crippen molar-refractivity contribution in [3.8, 4) is 6.07 Å². The molecule has 1 rings (SSSR count). The summed E-state index contributed by atoms with van der Waals surface area (Å²) in [6.45, 7) is 3.72. The van der Waals surface area contributed by atoms with Crippen LogP contribution in [-0.2, 0) is 11.8 Å². The van der Waals surface area contributed by atoms with Gasteiger partial charge in [0.25, 0.3) is 0 Å². The van der Waals surface area contributed by atoms with Crippen LogP contribution in [0.3, 0.4) is 0 Å². The molecule has 0 bridgehead atoms. The van der Waals surface area contributed by atoms with Gasteiger partial charge in [-0.15, -0.1) is 0 Å². The molecule has 0 N–H and O–H groups in total. The standard InChI is InChI=1S/C9H11N3O2/c1-4-14-9(13)8-6(2)7(5-10)11-12(8)3/h4H2,1-3H3. The molecule has 0 unspecified atom stereocenters. The summed E-state index contributed by atoms with van der Waals surface area (Å²) < 4.78 is 6.21. The number of carbonyl (C=O) groups is 1. The van der Waals surface area contributed by atoms with E-state index in [1.807, 2.05) is 6.07 Å². The second kappa shape index (κ2) is 3.92. The normalized spacial score (nSPS) is 9.57. The third-order valence-corrected chi connectivity index (χ3v) is 1.86. The number of aryl methyl sites for hydroxylation is 1. The van der Waals surface area contributed by atoms with E-state index in [2.05, 4.69) is 5.10 Å². The first-order valence-electron chi connectivity index (χ1n) is 4.22. The lowest BCUT2D eigenvalue weighted by Gasteiger charge is -2.02. The summed E-state index contributed by atoms with van der Waals surface area (Å²) in [5.74, 6) is -0.443. The number of aromatic nitrogens is 2. The summed E-state index contributed by atoms with van der Waals surface area (Å²) in [7, 11) is 1.61. The van der Waals surface area contributed by atoms with E-state index >= 15 is 0 Å². The number of hydrogen-bond acceptors (Lipinski definition) is 4. The maximum Gasteiger partial charge on any atom is 0.356 e. The Balaban J connectivity index is 3.15. The average Bonchev–Trinajstić information content (AvgIpc) is 2.41. The zero-order valence-corrected chi connectivity index (χ0v) is 8.37. The molecule has 1 aromatic heterocycles. The van der Waals surface area contributed by atoms with Crippen LogP contribution in [0.2, 0.25) is 0 Å². The molecule has 0 aliphatic heterocycles. The third kappa shape index (κ3) is 1.59. The summed E-state index contributed by atoms with van der Waals surface area (Å²) in [5.41, 5.74) is 1.16. The van der Waals surface area contributed by atoms with Gasteiger partial charge in [-0.05, 0) is 13.8 Å². The highest BCUT2D eigenvalue weighted by atomic mass is 16.5. The molecule has 0 saturated heterocycles. The first-order chi connectivity index (χ1) is 6.61. The van der Waals surface area contributed by atoms with E-state index in [0.717, 1.165) is 0 Å². The molecule has 1 aromatic rings. The van der Waals surface area contributed by atoms with Gasteiger partial charge in [-0.1, -0.05) is 0 Å². The minimum Gasteiger partial charge on any atom is -0.461 e. The van der Waals surface area contributed by atoms with Crippen LogP contribution in [0.5, 0.6) is 0 Å². The Morgan fingerprint density at radius 1 is 1.71 bits per heavy atom. The van der Waals surface area contributed by atoms with Gasteiger partial charge in [0.15, 0.2) is 5.69 Å². The van der Waals surface area contributed by atoms with Gasteiger partial charge in [0, 0.05) is 12.6 Å². The fraction of sp³-hybridized carbons (Fsp3) is 0.444. The van der Waals surface area contributed by atoms with Crippen molar-refractivity contribution in [2.45, 2.75) is 13.8 Å². The van der Waals surface area contributed by atoms with Crippen LogP contribution in [0.1, 0.15) is 28.7 Å². The van der Waals surface area contributed by atoms with Crippen LogP contribution in [0.25, 0.3) is 0 Å². The Labute approximate surface area is 81.9 Å². The molecule has 5 heteroatoms. The summed E-state index contributed by atoms with van der Waals surface area (Å²) in [6.07, 6.45) is 0. The van der Waals surface area contributed by atoms with Crippen LogP contribution in [0.4, 0.5) is 0 Å². The third-order valence-electron chi connectivity index (χ3n) is 1.86. The van der Waals surface area contributed by atoms with E-state index in [4.69, 9.17) is 10.00 Å². The van der Waals surface area contributed by atoms with Gasteiger partial charge in [0.1, 0.15) is 11.8 Å². The second-order valence-electron chi connectivity index (χ2n) is 2.78. The highest BCUT2D eigenvalue weighted by Gasteiger charge is 2.19. The fourth-order valence-corrected chi connectivity index (χ4v) is 1.22. The lowest BCUT2D eigenvalue weighted by molar-refractivity contribution is 0.0513. The van der Waals surface area contributed by atoms with Crippen molar-refractivity contribution in [1.82, 2.24) is 9.78 Å². The first kappa shape index (κ1) is 10.3. The number of esters is 1. The minimum absolute atomic E-state index is 0.260. The van der Waals surface area contributed by atoms with E-state index < -0.39 is 5.97 Å². The zero-order valence-electron chi connectivity index (χ0n) is 8.37. The molecular weight excluding hydrogens is 182 g/mol. The molecule has 0 aromatic carbocycles. The van der Waals surface area contributed by atoms with Gasteiger partial charge in [-0.25, -0.2) is 4.79 Å². The molecule has 14 heavy (non-hydrogen) atoms. The Morgan fingerprint density at radius 3 is 2.79 bits per heavy atom. The molecule has 0 spiro atoms. The molecule has 5 nitrogen and oxygen atoms in total. The summed E-state index contributed by atoms with van der Waals surface area (Å²) >= 11 is 0. The molecule has 74 valence electrons. The predicted octanol–water partition coefficient (Wildman–Crippen LogP) is 0.777. The Kier molecular flexibility index (Phi) is 2.87. The lowest BCUT2D eigenvalue weighted by atomic mass is 10.2. The number of rotatable bonds is 2. The van der Waals surface area contributed by atoms with E-state index in [1.165, 1.54) is 4.68 Å². The highest BCUT2D eigenvalue weighted by Crippen LogP contribution is 2.12. The van der Waals surface area contributed by atoms with Gasteiger partial charge in [0.2, 0.25) is 0 Å². The van der Waals surface area contributed by atoms with Crippen molar-refractivity contribution >= 4 is 5.97 Å². The van der Waals surface area contributed by atoms with Crippen molar-refractivity contribution < 1.29 is 9.53 Å². The largest absolute Gasteiger partial charge is 0.461 e. The highest BCUT2D eigenvalue weighted by molar-refractivity contribution is 5.89. The van der Waals surface area contributed by atoms with Crippen molar-refractivity contribution in [1.29, 1.82) is 5.26 Å². The van der Waals surface area contributed by atoms with E-state index in [9.17, 15) is 4.79 Å². The molecule has 0 aliphatic rings. The van der Waals surface area contributed by atoms with Crippen LogP contribution in [0.15, 0.2) is 0 Å². The average molecular weight is 193 g/mol. The van der Waals surface area contributed by atoms with Crippen LogP contribution in [-0.4, -0.2) is 22.4 Å². The molecule has 0 fully saturated rings. The van der Waals surface area contributed by atoms with Crippen molar-refractivity contribution in [3.63, 3.8) is 0 Å². The first-order valence-corrected chi connectivity index (χ1v) is 4.22. The van der Waals surface area contributed by atoms with Crippen molar-refractivity contribution in [2.24, 2.45) is 7.05 Å². The monoisotopic (exact) mass is 193 g/mol. The van der Waals surface area contributed by atoms with E-state index in [0.29, 0.717) is 17.9 Å². The molecule has 0 radical (unpaired) electrons. The summed E-state index contributed by atoms with van der Waals surface area (Å²) in [5, 5.41) is 12.6. The smallest absolute Gasteiger partial charge is 0.356 e. The van der Waals surface area contributed by atoms with Gasteiger partial charge in [-0.3, -0.25) is 4.68 Å². The topological polar surface area (TPSA) is 67.9 Å². The van der Waals surface area contributed by atoms with Gasteiger partial charge >= 0.3 is 5.97 Å². The quantitative estimate of drug-likeness (QED) is 0.651. The SMILES string of the molecule is CCOC(=O)c1c(C)c(C#N)nn1C. The minimum atomic E-state index is -0.443. The molecule has 0 amide bonds.